The van der Waals surface area contributed by atoms with Crippen molar-refractivity contribution in [3.63, 3.8) is 0 Å². The number of halogens is 1. The van der Waals surface area contributed by atoms with Crippen LogP contribution in [0.2, 0.25) is 5.02 Å². The molecule has 1 aromatic carbocycles. The zero-order valence-corrected chi connectivity index (χ0v) is 10.1. The fourth-order valence-electron chi connectivity index (χ4n) is 1.48. The van der Waals surface area contributed by atoms with Crippen LogP contribution in [0.3, 0.4) is 0 Å². The quantitative estimate of drug-likeness (QED) is 0.795. The molecular formula is C12H18ClN. The summed E-state index contributed by atoms with van der Waals surface area (Å²) in [5.74, 6) is 0. The van der Waals surface area contributed by atoms with E-state index in [1.165, 1.54) is 11.3 Å². The molecule has 0 saturated carbocycles. The second kappa shape index (κ2) is 4.22. The largest absolute Gasteiger partial charge is 0.388 e. The third-order valence-corrected chi connectivity index (χ3v) is 3.10. The highest BCUT2D eigenvalue weighted by atomic mass is 35.5. The maximum Gasteiger partial charge on any atom is 0.0410 e. The summed E-state index contributed by atoms with van der Waals surface area (Å²) >= 11 is 6.01. The fourth-order valence-corrected chi connectivity index (χ4v) is 1.66. The van der Waals surface area contributed by atoms with Crippen LogP contribution in [0.15, 0.2) is 18.2 Å². The predicted octanol–water partition coefficient (Wildman–Crippen LogP) is 4.07. The van der Waals surface area contributed by atoms with Gasteiger partial charge in [-0.15, -0.1) is 0 Å². The normalized spacial score (nSPS) is 11.5. The molecule has 1 N–H and O–H groups in total. The molecule has 0 heterocycles. The Morgan fingerprint density at radius 3 is 2.50 bits per heavy atom. The van der Waals surface area contributed by atoms with E-state index < -0.39 is 0 Å². The molecule has 2 heteroatoms. The van der Waals surface area contributed by atoms with Gasteiger partial charge in [-0.25, -0.2) is 0 Å². The molecule has 1 rings (SSSR count). The number of benzene rings is 1. The molecule has 0 fully saturated rings. The van der Waals surface area contributed by atoms with E-state index in [1.807, 2.05) is 19.2 Å². The maximum absolute atomic E-state index is 6.01. The number of hydrogen-bond donors (Lipinski definition) is 1. The molecule has 0 aliphatic heterocycles. The Hall–Kier alpha value is -0.690. The molecular weight excluding hydrogens is 194 g/mol. The molecule has 0 atom stereocenters. The summed E-state index contributed by atoms with van der Waals surface area (Å²) in [5.41, 5.74) is 2.62. The summed E-state index contributed by atoms with van der Waals surface area (Å²) < 4.78 is 0. The topological polar surface area (TPSA) is 12.0 Å². The lowest BCUT2D eigenvalue weighted by atomic mass is 9.81. The van der Waals surface area contributed by atoms with Crippen molar-refractivity contribution in [3.05, 3.63) is 28.8 Å². The van der Waals surface area contributed by atoms with Gasteiger partial charge in [-0.1, -0.05) is 32.4 Å². The fraction of sp³-hybridized carbons (Fsp3) is 0.500. The van der Waals surface area contributed by atoms with E-state index in [9.17, 15) is 0 Å². The second-order valence-corrected chi connectivity index (χ2v) is 4.61. The third-order valence-electron chi connectivity index (χ3n) is 2.86. The zero-order valence-electron chi connectivity index (χ0n) is 9.32. The van der Waals surface area contributed by atoms with Gasteiger partial charge in [-0.3, -0.25) is 0 Å². The van der Waals surface area contributed by atoms with E-state index in [2.05, 4.69) is 32.2 Å². The van der Waals surface area contributed by atoms with E-state index >= 15 is 0 Å². The molecule has 14 heavy (non-hydrogen) atoms. The number of nitrogens with one attached hydrogen (secondary N) is 1. The van der Waals surface area contributed by atoms with E-state index in [0.29, 0.717) is 0 Å². The lowest BCUT2D eigenvalue weighted by Crippen LogP contribution is -2.17. The molecule has 0 spiro atoms. The second-order valence-electron chi connectivity index (χ2n) is 4.18. The van der Waals surface area contributed by atoms with Crippen LogP contribution in [0.25, 0.3) is 0 Å². The van der Waals surface area contributed by atoms with E-state index in [-0.39, 0.29) is 5.41 Å². The summed E-state index contributed by atoms with van der Waals surface area (Å²) in [6.45, 7) is 6.67. The summed E-state index contributed by atoms with van der Waals surface area (Å²) in [7, 11) is 1.94. The van der Waals surface area contributed by atoms with Gasteiger partial charge < -0.3 is 5.32 Å². The Kier molecular flexibility index (Phi) is 3.43. The molecule has 1 aromatic rings. The molecule has 0 bridgehead atoms. The van der Waals surface area contributed by atoms with Gasteiger partial charge in [-0.05, 0) is 35.6 Å². The Bertz CT molecular complexity index is 318. The Balaban J connectivity index is 3.23. The first-order chi connectivity index (χ1) is 6.51. The van der Waals surface area contributed by atoms with Crippen molar-refractivity contribution in [1.29, 1.82) is 0 Å². The molecule has 1 nitrogen and oxygen atoms in total. The Morgan fingerprint density at radius 1 is 1.36 bits per heavy atom. The van der Waals surface area contributed by atoms with Crippen LogP contribution in [0.4, 0.5) is 5.69 Å². The minimum absolute atomic E-state index is 0.170. The van der Waals surface area contributed by atoms with Crippen LogP contribution in [0.1, 0.15) is 32.8 Å². The minimum atomic E-state index is 0.170. The van der Waals surface area contributed by atoms with Crippen LogP contribution < -0.4 is 5.32 Å². The molecule has 0 amide bonds. The molecule has 0 radical (unpaired) electrons. The average molecular weight is 212 g/mol. The van der Waals surface area contributed by atoms with Crippen LogP contribution in [0, 0.1) is 0 Å². The van der Waals surface area contributed by atoms with Gasteiger partial charge >= 0.3 is 0 Å². The molecule has 0 aliphatic carbocycles. The van der Waals surface area contributed by atoms with Crippen LogP contribution in [-0.4, -0.2) is 7.05 Å². The SMILES string of the molecule is CCC(C)(C)c1cc(Cl)ccc1NC. The average Bonchev–Trinajstić information content (AvgIpc) is 2.18. The van der Waals surface area contributed by atoms with Gasteiger partial charge in [0.05, 0.1) is 0 Å². The van der Waals surface area contributed by atoms with Gasteiger partial charge in [-0.2, -0.15) is 0 Å². The van der Waals surface area contributed by atoms with Crippen molar-refractivity contribution in [3.8, 4) is 0 Å². The highest BCUT2D eigenvalue weighted by Gasteiger charge is 2.21. The van der Waals surface area contributed by atoms with Crippen LogP contribution >= 0.6 is 11.6 Å². The van der Waals surface area contributed by atoms with E-state index in [0.717, 1.165) is 11.4 Å². The molecule has 0 aliphatic rings. The molecule has 0 unspecified atom stereocenters. The van der Waals surface area contributed by atoms with Gasteiger partial charge in [0.2, 0.25) is 0 Å². The van der Waals surface area contributed by atoms with Gasteiger partial charge in [0.15, 0.2) is 0 Å². The highest BCUT2D eigenvalue weighted by molar-refractivity contribution is 6.30. The monoisotopic (exact) mass is 211 g/mol. The first-order valence-corrected chi connectivity index (χ1v) is 5.37. The first-order valence-electron chi connectivity index (χ1n) is 4.99. The van der Waals surface area contributed by atoms with Crippen molar-refractivity contribution in [2.45, 2.75) is 32.6 Å². The Labute approximate surface area is 91.5 Å². The third kappa shape index (κ3) is 2.21. The summed E-state index contributed by atoms with van der Waals surface area (Å²) in [4.78, 5) is 0. The zero-order chi connectivity index (χ0) is 10.8. The smallest absolute Gasteiger partial charge is 0.0410 e. The predicted molar refractivity (Wildman–Crippen MR) is 64.3 cm³/mol. The van der Waals surface area contributed by atoms with Crippen molar-refractivity contribution < 1.29 is 0 Å². The van der Waals surface area contributed by atoms with Gasteiger partial charge in [0.1, 0.15) is 0 Å². The van der Waals surface area contributed by atoms with Crippen LogP contribution in [-0.2, 0) is 5.41 Å². The van der Waals surface area contributed by atoms with Crippen molar-refractivity contribution in [1.82, 2.24) is 0 Å². The van der Waals surface area contributed by atoms with Crippen molar-refractivity contribution in [2.75, 3.05) is 12.4 Å². The lowest BCUT2D eigenvalue weighted by molar-refractivity contribution is 0.508. The highest BCUT2D eigenvalue weighted by Crippen LogP contribution is 2.34. The van der Waals surface area contributed by atoms with E-state index in [4.69, 9.17) is 11.6 Å². The maximum atomic E-state index is 6.01. The molecule has 78 valence electrons. The van der Waals surface area contributed by atoms with Crippen molar-refractivity contribution >= 4 is 17.3 Å². The lowest BCUT2D eigenvalue weighted by Gasteiger charge is -2.26. The number of anilines is 1. The standard InChI is InChI=1S/C12H18ClN/c1-5-12(2,3)10-8-9(13)6-7-11(10)14-4/h6-8,14H,5H2,1-4H3. The summed E-state index contributed by atoms with van der Waals surface area (Å²) in [6, 6.07) is 6.01. The number of rotatable bonds is 3. The van der Waals surface area contributed by atoms with E-state index in [1.54, 1.807) is 0 Å². The van der Waals surface area contributed by atoms with Crippen LogP contribution in [0.5, 0.6) is 0 Å². The molecule has 0 saturated heterocycles. The van der Waals surface area contributed by atoms with Crippen molar-refractivity contribution in [2.24, 2.45) is 0 Å². The Morgan fingerprint density at radius 2 is 2.00 bits per heavy atom. The minimum Gasteiger partial charge on any atom is -0.388 e. The van der Waals surface area contributed by atoms with Gasteiger partial charge in [0.25, 0.3) is 0 Å². The molecule has 0 aromatic heterocycles. The number of hydrogen-bond acceptors (Lipinski definition) is 1. The first kappa shape index (κ1) is 11.4. The summed E-state index contributed by atoms with van der Waals surface area (Å²) in [5, 5.41) is 4.01. The summed E-state index contributed by atoms with van der Waals surface area (Å²) in [6.07, 6.45) is 1.10. The van der Waals surface area contributed by atoms with Gasteiger partial charge in [0, 0.05) is 17.8 Å².